The highest BCUT2D eigenvalue weighted by molar-refractivity contribution is 5.90. The second kappa shape index (κ2) is 17.4. The molecule has 0 radical (unpaired) electrons. The van der Waals surface area contributed by atoms with Gasteiger partial charge in [0.1, 0.15) is 18.5 Å². The van der Waals surface area contributed by atoms with E-state index in [1.54, 1.807) is 97.1 Å². The van der Waals surface area contributed by atoms with E-state index in [4.69, 9.17) is 23.7 Å². The van der Waals surface area contributed by atoms with Gasteiger partial charge >= 0.3 is 17.9 Å². The molecule has 1 aliphatic heterocycles. The molecule has 5 aromatic carbocycles. The smallest absolute Gasteiger partial charge is 0.338 e. The molecule has 0 bridgehead atoms. The summed E-state index contributed by atoms with van der Waals surface area (Å²) < 4.78 is 30.8. The Bertz CT molecular complexity index is 1930. The summed E-state index contributed by atoms with van der Waals surface area (Å²) in [5, 5.41) is 10.0. The number of hydrogen-bond donors (Lipinski definition) is 1. The van der Waals surface area contributed by atoms with Gasteiger partial charge in [0.15, 0.2) is 0 Å². The number of carbonyl (C=O) groups is 3. The van der Waals surface area contributed by atoms with E-state index in [2.05, 4.69) is 31.2 Å². The van der Waals surface area contributed by atoms with Gasteiger partial charge in [-0.15, -0.1) is 0 Å². The van der Waals surface area contributed by atoms with Crippen LogP contribution in [0, 0.1) is 0 Å². The van der Waals surface area contributed by atoms with Crippen LogP contribution in [0.15, 0.2) is 133 Å². The molecule has 0 amide bonds. The van der Waals surface area contributed by atoms with Crippen LogP contribution in [0.25, 0.3) is 0 Å². The maximum absolute atomic E-state index is 13.6. The molecule has 4 atom stereocenters. The number of ether oxygens (including phenoxy) is 5. The lowest BCUT2D eigenvalue weighted by Crippen LogP contribution is -2.55. The molecule has 9 nitrogen and oxygen atoms in total. The van der Waals surface area contributed by atoms with Crippen LogP contribution >= 0.6 is 0 Å². The molecule has 1 saturated heterocycles. The highest BCUT2D eigenvalue weighted by Crippen LogP contribution is 2.32. The Morgan fingerprint density at radius 3 is 1.79 bits per heavy atom. The predicted molar refractivity (Wildman–Crippen MR) is 193 cm³/mol. The Labute approximate surface area is 302 Å². The normalized spacial score (nSPS) is 18.2. The third-order valence-electron chi connectivity index (χ3n) is 8.77. The second-order valence-electron chi connectivity index (χ2n) is 12.4. The Morgan fingerprint density at radius 2 is 1.21 bits per heavy atom. The van der Waals surface area contributed by atoms with Crippen molar-refractivity contribution in [2.45, 2.75) is 57.4 Å². The average molecular weight is 701 g/mol. The molecule has 0 aliphatic carbocycles. The van der Waals surface area contributed by atoms with E-state index in [0.717, 1.165) is 17.5 Å². The lowest BCUT2D eigenvalue weighted by molar-refractivity contribution is -0.240. The van der Waals surface area contributed by atoms with E-state index in [0.29, 0.717) is 28.9 Å². The topological polar surface area (TPSA) is 118 Å². The molecule has 9 heteroatoms. The van der Waals surface area contributed by atoms with Crippen molar-refractivity contribution in [3.63, 3.8) is 0 Å². The van der Waals surface area contributed by atoms with Gasteiger partial charge in [-0.25, -0.2) is 14.4 Å². The van der Waals surface area contributed by atoms with Crippen LogP contribution < -0.4 is 4.74 Å². The number of esters is 3. The summed E-state index contributed by atoms with van der Waals surface area (Å²) >= 11 is 0. The number of aliphatic hydroxyl groups excluding tert-OH is 1. The van der Waals surface area contributed by atoms with Crippen LogP contribution in [0.2, 0.25) is 0 Å². The van der Waals surface area contributed by atoms with Crippen LogP contribution in [-0.2, 0) is 38.4 Å². The minimum atomic E-state index is -1.31. The van der Waals surface area contributed by atoms with Gasteiger partial charge in [-0.05, 0) is 71.1 Å². The summed E-state index contributed by atoms with van der Waals surface area (Å²) in [6, 6.07) is 39.1. The first-order valence-electron chi connectivity index (χ1n) is 17.3. The van der Waals surface area contributed by atoms with Crippen LogP contribution in [0.1, 0.15) is 66.7 Å². The standard InChI is InChI=1S/C43H40O9/c1-2-29-18-20-30(21-19-29)24-35-23-22-31(27-44)25-37(35)51-43-39(52-42(47)34-16-10-5-11-17-34)38(50-41(46)33-14-8-4-9-15-33)26-36(49-43)28-48-40(45)32-12-6-3-7-13-32/h3-23,25,36,38-39,43-44H,2,24,26-28H2,1H3/t36-,38-,39+,43+/m0/s1. The van der Waals surface area contributed by atoms with Crippen molar-refractivity contribution >= 4 is 17.9 Å². The molecule has 0 unspecified atom stereocenters. The summed E-state index contributed by atoms with van der Waals surface area (Å²) in [7, 11) is 0. The quantitative estimate of drug-likeness (QED) is 0.101. The van der Waals surface area contributed by atoms with E-state index in [9.17, 15) is 19.5 Å². The second-order valence-corrected chi connectivity index (χ2v) is 12.4. The SMILES string of the molecule is CCc1ccc(Cc2ccc(CO)cc2O[C@H]2O[C@H](COC(=O)c3ccccc3)C[C@H](OC(=O)c3ccccc3)[C@H]2OC(=O)c2ccccc2)cc1. The van der Waals surface area contributed by atoms with Crippen LogP contribution in [0.5, 0.6) is 5.75 Å². The summed E-state index contributed by atoms with van der Waals surface area (Å²) in [5.74, 6) is -1.47. The molecular weight excluding hydrogens is 660 g/mol. The Kier molecular flexibility index (Phi) is 12.1. The van der Waals surface area contributed by atoms with E-state index in [-0.39, 0.29) is 25.2 Å². The molecular formula is C43H40O9. The fourth-order valence-corrected chi connectivity index (χ4v) is 5.90. The predicted octanol–water partition coefficient (Wildman–Crippen LogP) is 7.13. The van der Waals surface area contributed by atoms with Gasteiger partial charge in [0.25, 0.3) is 0 Å². The van der Waals surface area contributed by atoms with Crippen molar-refractivity contribution in [1.29, 1.82) is 0 Å². The molecule has 1 N–H and O–H groups in total. The number of carbonyl (C=O) groups excluding carboxylic acids is 3. The number of rotatable bonds is 13. The number of hydrogen-bond acceptors (Lipinski definition) is 9. The van der Waals surface area contributed by atoms with E-state index in [1.165, 1.54) is 5.56 Å². The van der Waals surface area contributed by atoms with Gasteiger partial charge in [-0.1, -0.05) is 97.9 Å². The molecule has 0 spiro atoms. The number of aliphatic hydroxyl groups is 1. The molecule has 1 aliphatic rings. The fraction of sp³-hybridized carbons (Fsp3) is 0.233. The Morgan fingerprint density at radius 1 is 0.673 bits per heavy atom. The van der Waals surface area contributed by atoms with Gasteiger partial charge in [0.05, 0.1) is 29.4 Å². The van der Waals surface area contributed by atoms with Crippen LogP contribution in [0.4, 0.5) is 0 Å². The zero-order valence-corrected chi connectivity index (χ0v) is 28.8. The van der Waals surface area contributed by atoms with Gasteiger partial charge < -0.3 is 28.8 Å². The lowest BCUT2D eigenvalue weighted by atomic mass is 10.00. The molecule has 0 saturated carbocycles. The molecule has 5 aromatic rings. The maximum atomic E-state index is 13.6. The first-order valence-corrected chi connectivity index (χ1v) is 17.3. The molecule has 52 heavy (non-hydrogen) atoms. The fourth-order valence-electron chi connectivity index (χ4n) is 5.90. The van der Waals surface area contributed by atoms with Crippen molar-refractivity contribution in [2.75, 3.05) is 6.61 Å². The Hall–Kier alpha value is -5.77. The first-order chi connectivity index (χ1) is 25.4. The summed E-state index contributed by atoms with van der Waals surface area (Å²) in [5.41, 5.74) is 4.58. The number of aryl methyl sites for hydroxylation is 1. The monoisotopic (exact) mass is 700 g/mol. The minimum Gasteiger partial charge on any atom is -0.460 e. The van der Waals surface area contributed by atoms with Gasteiger partial charge in [-0.2, -0.15) is 0 Å². The molecule has 0 aromatic heterocycles. The summed E-state index contributed by atoms with van der Waals surface area (Å²) in [6.45, 7) is 1.66. The summed E-state index contributed by atoms with van der Waals surface area (Å²) in [4.78, 5) is 39.9. The van der Waals surface area contributed by atoms with Crippen molar-refractivity contribution < 1.29 is 43.2 Å². The maximum Gasteiger partial charge on any atom is 0.338 e. The zero-order valence-electron chi connectivity index (χ0n) is 28.8. The van der Waals surface area contributed by atoms with Crippen molar-refractivity contribution in [3.8, 4) is 5.75 Å². The third-order valence-corrected chi connectivity index (χ3v) is 8.77. The lowest BCUT2D eigenvalue weighted by Gasteiger charge is -2.40. The number of benzene rings is 5. The average Bonchev–Trinajstić information content (AvgIpc) is 3.20. The van der Waals surface area contributed by atoms with Crippen molar-refractivity contribution in [1.82, 2.24) is 0 Å². The van der Waals surface area contributed by atoms with Gasteiger partial charge in [0.2, 0.25) is 12.4 Å². The van der Waals surface area contributed by atoms with Crippen LogP contribution in [-0.4, -0.2) is 54.2 Å². The van der Waals surface area contributed by atoms with E-state index < -0.39 is 42.5 Å². The summed E-state index contributed by atoms with van der Waals surface area (Å²) in [6.07, 6.45) is -2.99. The molecule has 6 rings (SSSR count). The Balaban J connectivity index is 1.34. The van der Waals surface area contributed by atoms with E-state index >= 15 is 0 Å². The zero-order chi connectivity index (χ0) is 36.3. The van der Waals surface area contributed by atoms with Crippen LogP contribution in [0.3, 0.4) is 0 Å². The van der Waals surface area contributed by atoms with E-state index in [1.807, 2.05) is 12.1 Å². The largest absolute Gasteiger partial charge is 0.460 e. The molecule has 1 heterocycles. The first kappa shape index (κ1) is 36.0. The molecule has 266 valence electrons. The minimum absolute atomic E-state index is 0.0283. The van der Waals surface area contributed by atoms with Crippen molar-refractivity contribution in [3.05, 3.63) is 172 Å². The third kappa shape index (κ3) is 9.31. The van der Waals surface area contributed by atoms with Gasteiger partial charge in [-0.3, -0.25) is 0 Å². The highest BCUT2D eigenvalue weighted by atomic mass is 16.7. The molecule has 1 fully saturated rings. The van der Waals surface area contributed by atoms with Crippen molar-refractivity contribution in [2.24, 2.45) is 0 Å². The van der Waals surface area contributed by atoms with Gasteiger partial charge in [0, 0.05) is 12.8 Å². The highest BCUT2D eigenvalue weighted by Gasteiger charge is 2.46.